The molecule has 3 nitrogen and oxygen atoms in total. The number of nitrogens with two attached hydrogens (primary N) is 1. The lowest BCUT2D eigenvalue weighted by Gasteiger charge is -2.11. The van der Waals surface area contributed by atoms with Gasteiger partial charge in [-0.15, -0.1) is 13.2 Å². The summed E-state index contributed by atoms with van der Waals surface area (Å²) in [6.07, 6.45) is -4.69. The lowest BCUT2D eigenvalue weighted by atomic mass is 10.2. The highest BCUT2D eigenvalue weighted by atomic mass is 19.4. The SMILES string of the molecule is Cc1ccc(N)c(OCc2ccc(OC(F)(F)F)cc2)c1. The highest BCUT2D eigenvalue weighted by Gasteiger charge is 2.30. The van der Waals surface area contributed by atoms with Crippen molar-refractivity contribution < 1.29 is 22.6 Å². The summed E-state index contributed by atoms with van der Waals surface area (Å²) >= 11 is 0. The smallest absolute Gasteiger partial charge is 0.487 e. The molecule has 2 aromatic carbocycles. The third-order valence-electron chi connectivity index (χ3n) is 2.72. The average Bonchev–Trinajstić information content (AvgIpc) is 2.40. The van der Waals surface area contributed by atoms with E-state index in [1.165, 1.54) is 24.3 Å². The molecular weight excluding hydrogens is 283 g/mol. The molecule has 112 valence electrons. The molecule has 0 aliphatic heterocycles. The first-order valence-corrected chi connectivity index (χ1v) is 6.17. The van der Waals surface area contributed by atoms with E-state index in [1.54, 1.807) is 12.1 Å². The lowest BCUT2D eigenvalue weighted by Crippen LogP contribution is -2.17. The van der Waals surface area contributed by atoms with Gasteiger partial charge in [0.25, 0.3) is 0 Å². The van der Waals surface area contributed by atoms with Gasteiger partial charge in [0.2, 0.25) is 0 Å². The number of hydrogen-bond donors (Lipinski definition) is 1. The van der Waals surface area contributed by atoms with Crippen molar-refractivity contribution in [1.82, 2.24) is 0 Å². The van der Waals surface area contributed by atoms with Crippen molar-refractivity contribution >= 4 is 5.69 Å². The molecule has 0 amide bonds. The summed E-state index contributed by atoms with van der Waals surface area (Å²) in [7, 11) is 0. The van der Waals surface area contributed by atoms with E-state index >= 15 is 0 Å². The number of hydrogen-bond acceptors (Lipinski definition) is 3. The number of benzene rings is 2. The third kappa shape index (κ3) is 4.59. The van der Waals surface area contributed by atoms with Crippen LogP contribution < -0.4 is 15.2 Å². The predicted octanol–water partition coefficient (Wildman–Crippen LogP) is 4.05. The number of halogens is 3. The number of nitrogen functional groups attached to an aromatic ring is 1. The Morgan fingerprint density at radius 1 is 1.05 bits per heavy atom. The van der Waals surface area contributed by atoms with Crippen molar-refractivity contribution in [3.8, 4) is 11.5 Å². The van der Waals surface area contributed by atoms with E-state index < -0.39 is 6.36 Å². The standard InChI is InChI=1S/C15H14F3NO2/c1-10-2-7-13(19)14(8-10)20-9-11-3-5-12(6-4-11)21-15(16,17)18/h2-8H,9,19H2,1H3. The Morgan fingerprint density at radius 3 is 2.33 bits per heavy atom. The zero-order valence-corrected chi connectivity index (χ0v) is 11.3. The first kappa shape index (κ1) is 15.0. The predicted molar refractivity (Wildman–Crippen MR) is 73.0 cm³/mol. The minimum absolute atomic E-state index is 0.208. The molecule has 0 aliphatic rings. The molecule has 0 atom stereocenters. The van der Waals surface area contributed by atoms with Gasteiger partial charge in [-0.05, 0) is 42.3 Å². The summed E-state index contributed by atoms with van der Waals surface area (Å²) in [6, 6.07) is 10.9. The fourth-order valence-electron chi connectivity index (χ4n) is 1.72. The fraction of sp³-hybridized carbons (Fsp3) is 0.200. The van der Waals surface area contributed by atoms with Gasteiger partial charge in [-0.2, -0.15) is 0 Å². The molecule has 0 saturated heterocycles. The second kappa shape index (κ2) is 5.95. The van der Waals surface area contributed by atoms with Crippen LogP contribution in [0.3, 0.4) is 0 Å². The molecule has 0 saturated carbocycles. The van der Waals surface area contributed by atoms with Crippen LogP contribution in [0.4, 0.5) is 18.9 Å². The van der Waals surface area contributed by atoms with Crippen LogP contribution in [0.5, 0.6) is 11.5 Å². The average molecular weight is 297 g/mol. The molecular formula is C15H14F3NO2. The topological polar surface area (TPSA) is 44.5 Å². The van der Waals surface area contributed by atoms with Crippen molar-refractivity contribution in [3.63, 3.8) is 0 Å². The maximum absolute atomic E-state index is 12.0. The maximum Gasteiger partial charge on any atom is 0.573 e. The monoisotopic (exact) mass is 297 g/mol. The molecule has 0 heterocycles. The minimum atomic E-state index is -4.69. The van der Waals surface area contributed by atoms with Crippen LogP contribution in [0.1, 0.15) is 11.1 Å². The molecule has 0 unspecified atom stereocenters. The summed E-state index contributed by atoms with van der Waals surface area (Å²) in [5.74, 6) is 0.284. The van der Waals surface area contributed by atoms with Crippen LogP contribution in [0.15, 0.2) is 42.5 Å². The van der Waals surface area contributed by atoms with E-state index in [4.69, 9.17) is 10.5 Å². The highest BCUT2D eigenvalue weighted by molar-refractivity contribution is 5.53. The van der Waals surface area contributed by atoms with Crippen LogP contribution in [0, 0.1) is 6.92 Å². The van der Waals surface area contributed by atoms with Gasteiger partial charge >= 0.3 is 6.36 Å². The fourth-order valence-corrected chi connectivity index (χ4v) is 1.72. The Kier molecular flexibility index (Phi) is 4.26. The lowest BCUT2D eigenvalue weighted by molar-refractivity contribution is -0.274. The zero-order valence-electron chi connectivity index (χ0n) is 11.3. The normalized spacial score (nSPS) is 11.2. The largest absolute Gasteiger partial charge is 0.573 e. The first-order valence-electron chi connectivity index (χ1n) is 6.17. The highest BCUT2D eigenvalue weighted by Crippen LogP contribution is 2.25. The summed E-state index contributed by atoms with van der Waals surface area (Å²) in [4.78, 5) is 0. The van der Waals surface area contributed by atoms with E-state index in [0.29, 0.717) is 17.0 Å². The molecule has 0 aromatic heterocycles. The van der Waals surface area contributed by atoms with E-state index in [0.717, 1.165) is 5.56 Å². The Bertz CT molecular complexity index is 609. The summed E-state index contributed by atoms with van der Waals surface area (Å²) in [5, 5.41) is 0. The molecule has 0 radical (unpaired) electrons. The molecule has 0 aliphatic carbocycles. The Balaban J connectivity index is 1.99. The summed E-state index contributed by atoms with van der Waals surface area (Å²) in [6.45, 7) is 2.12. The molecule has 21 heavy (non-hydrogen) atoms. The molecule has 0 spiro atoms. The molecule has 0 fully saturated rings. The Labute approximate surface area is 120 Å². The van der Waals surface area contributed by atoms with Gasteiger partial charge < -0.3 is 15.2 Å². The number of anilines is 1. The maximum atomic E-state index is 12.0. The number of alkyl halides is 3. The second-order valence-corrected chi connectivity index (χ2v) is 4.52. The summed E-state index contributed by atoms with van der Waals surface area (Å²) in [5.41, 5.74) is 8.01. The van der Waals surface area contributed by atoms with Crippen LogP contribution in [0.25, 0.3) is 0 Å². The second-order valence-electron chi connectivity index (χ2n) is 4.52. The first-order chi connectivity index (χ1) is 9.83. The van der Waals surface area contributed by atoms with Gasteiger partial charge in [0.05, 0.1) is 5.69 Å². The van der Waals surface area contributed by atoms with Gasteiger partial charge in [-0.25, -0.2) is 0 Å². The molecule has 6 heteroatoms. The quantitative estimate of drug-likeness (QED) is 0.866. The van der Waals surface area contributed by atoms with Crippen LogP contribution in [0.2, 0.25) is 0 Å². The van der Waals surface area contributed by atoms with Crippen LogP contribution in [-0.4, -0.2) is 6.36 Å². The summed E-state index contributed by atoms with van der Waals surface area (Å²) < 4.78 is 45.4. The van der Waals surface area contributed by atoms with Gasteiger partial charge in [-0.1, -0.05) is 18.2 Å². The van der Waals surface area contributed by atoms with Gasteiger partial charge in [0, 0.05) is 0 Å². The van der Waals surface area contributed by atoms with Crippen molar-refractivity contribution in [2.75, 3.05) is 5.73 Å². The van der Waals surface area contributed by atoms with E-state index in [9.17, 15) is 13.2 Å². The number of ether oxygens (including phenoxy) is 2. The third-order valence-corrected chi connectivity index (χ3v) is 2.72. The van der Waals surface area contributed by atoms with E-state index in [2.05, 4.69) is 4.74 Å². The Hall–Kier alpha value is -2.37. The van der Waals surface area contributed by atoms with Crippen molar-refractivity contribution in [1.29, 1.82) is 0 Å². The number of aryl methyl sites for hydroxylation is 1. The molecule has 0 bridgehead atoms. The van der Waals surface area contributed by atoms with Gasteiger partial charge in [0.1, 0.15) is 18.1 Å². The molecule has 2 rings (SSSR count). The van der Waals surface area contributed by atoms with Crippen LogP contribution in [-0.2, 0) is 6.61 Å². The van der Waals surface area contributed by atoms with Crippen molar-refractivity contribution in [3.05, 3.63) is 53.6 Å². The molecule has 2 N–H and O–H groups in total. The van der Waals surface area contributed by atoms with Crippen molar-refractivity contribution in [2.24, 2.45) is 0 Å². The minimum Gasteiger partial charge on any atom is -0.487 e. The number of rotatable bonds is 4. The molecule has 2 aromatic rings. The van der Waals surface area contributed by atoms with Gasteiger partial charge in [0.15, 0.2) is 0 Å². The van der Waals surface area contributed by atoms with E-state index in [-0.39, 0.29) is 12.4 Å². The van der Waals surface area contributed by atoms with Gasteiger partial charge in [-0.3, -0.25) is 0 Å². The zero-order chi connectivity index (χ0) is 15.5. The van der Waals surface area contributed by atoms with Crippen LogP contribution >= 0.6 is 0 Å². The van der Waals surface area contributed by atoms with Crippen molar-refractivity contribution in [2.45, 2.75) is 19.9 Å². The Morgan fingerprint density at radius 2 is 1.71 bits per heavy atom. The van der Waals surface area contributed by atoms with E-state index in [1.807, 2.05) is 13.0 Å².